The lowest BCUT2D eigenvalue weighted by atomic mass is 9.69. The molecule has 1 heterocycles. The fourth-order valence-electron chi connectivity index (χ4n) is 3.37. The summed E-state index contributed by atoms with van der Waals surface area (Å²) in [6, 6.07) is 0. The van der Waals surface area contributed by atoms with Gasteiger partial charge in [-0.15, -0.1) is 0 Å². The molecule has 3 heteroatoms. The molecule has 15 heavy (non-hydrogen) atoms. The van der Waals surface area contributed by atoms with Crippen molar-refractivity contribution in [2.24, 2.45) is 17.1 Å². The Morgan fingerprint density at radius 2 is 2.07 bits per heavy atom. The minimum absolute atomic E-state index is 0.122. The number of rotatable bonds is 2. The van der Waals surface area contributed by atoms with E-state index in [0.29, 0.717) is 18.9 Å². The van der Waals surface area contributed by atoms with Crippen molar-refractivity contribution in [2.75, 3.05) is 13.1 Å². The second kappa shape index (κ2) is 4.52. The summed E-state index contributed by atoms with van der Waals surface area (Å²) in [5.41, 5.74) is 6.09. The molecule has 1 saturated heterocycles. The van der Waals surface area contributed by atoms with Gasteiger partial charge in [-0.3, -0.25) is 4.79 Å². The van der Waals surface area contributed by atoms with Crippen LogP contribution >= 0.6 is 0 Å². The van der Waals surface area contributed by atoms with Gasteiger partial charge < -0.3 is 11.1 Å². The third kappa shape index (κ3) is 2.17. The summed E-state index contributed by atoms with van der Waals surface area (Å²) >= 11 is 0. The fourth-order valence-corrected chi connectivity index (χ4v) is 3.37. The first kappa shape index (κ1) is 10.9. The largest absolute Gasteiger partial charge is 0.356 e. The van der Waals surface area contributed by atoms with E-state index in [4.69, 9.17) is 5.73 Å². The number of hydrogen-bond acceptors (Lipinski definition) is 2. The molecule has 2 fully saturated rings. The van der Waals surface area contributed by atoms with E-state index in [9.17, 15) is 4.79 Å². The molecule has 1 unspecified atom stereocenters. The van der Waals surface area contributed by atoms with Crippen molar-refractivity contribution in [1.82, 2.24) is 5.32 Å². The molecular formula is C12H22N2O. The van der Waals surface area contributed by atoms with Crippen LogP contribution < -0.4 is 11.1 Å². The molecule has 86 valence electrons. The first-order valence-electron chi connectivity index (χ1n) is 6.24. The van der Waals surface area contributed by atoms with Gasteiger partial charge >= 0.3 is 0 Å². The van der Waals surface area contributed by atoms with Gasteiger partial charge in [-0.2, -0.15) is 0 Å². The zero-order chi connectivity index (χ0) is 10.7. The number of nitrogens with two attached hydrogens (primary N) is 1. The SMILES string of the molecule is NCC1(C2CCCC2)CCCNC(=O)C1. The van der Waals surface area contributed by atoms with E-state index in [1.54, 1.807) is 0 Å². The van der Waals surface area contributed by atoms with Gasteiger partial charge in [-0.1, -0.05) is 12.8 Å². The number of hydrogen-bond donors (Lipinski definition) is 2. The van der Waals surface area contributed by atoms with Gasteiger partial charge in [-0.25, -0.2) is 0 Å². The van der Waals surface area contributed by atoms with Crippen LogP contribution in [0.1, 0.15) is 44.9 Å². The van der Waals surface area contributed by atoms with Gasteiger partial charge in [-0.05, 0) is 43.6 Å². The molecule has 3 N–H and O–H groups in total. The molecule has 1 aliphatic heterocycles. The molecule has 0 bridgehead atoms. The Morgan fingerprint density at radius 3 is 2.73 bits per heavy atom. The predicted molar refractivity (Wildman–Crippen MR) is 60.3 cm³/mol. The van der Waals surface area contributed by atoms with Crippen LogP contribution in [0.15, 0.2) is 0 Å². The van der Waals surface area contributed by atoms with Crippen LogP contribution in [0.3, 0.4) is 0 Å². The number of carbonyl (C=O) groups is 1. The average molecular weight is 210 g/mol. The Morgan fingerprint density at radius 1 is 1.33 bits per heavy atom. The normalized spacial score (nSPS) is 33.8. The molecule has 0 aromatic heterocycles. The maximum atomic E-state index is 11.6. The van der Waals surface area contributed by atoms with Gasteiger partial charge in [0.25, 0.3) is 0 Å². The van der Waals surface area contributed by atoms with E-state index in [1.807, 2.05) is 0 Å². The van der Waals surface area contributed by atoms with Crippen molar-refractivity contribution in [3.8, 4) is 0 Å². The molecule has 2 rings (SSSR count). The van der Waals surface area contributed by atoms with Crippen molar-refractivity contribution in [1.29, 1.82) is 0 Å². The van der Waals surface area contributed by atoms with Crippen LogP contribution in [0, 0.1) is 11.3 Å². The Hall–Kier alpha value is -0.570. The van der Waals surface area contributed by atoms with E-state index < -0.39 is 0 Å². The summed E-state index contributed by atoms with van der Waals surface area (Å²) in [6.45, 7) is 1.53. The minimum atomic E-state index is 0.122. The summed E-state index contributed by atoms with van der Waals surface area (Å²) < 4.78 is 0. The molecule has 1 saturated carbocycles. The van der Waals surface area contributed by atoms with Gasteiger partial charge in [0.1, 0.15) is 0 Å². The van der Waals surface area contributed by atoms with Crippen LogP contribution in [-0.2, 0) is 4.79 Å². The standard InChI is InChI=1S/C12H22N2O/c13-9-12(10-4-1-2-5-10)6-3-7-14-11(15)8-12/h10H,1-9,13H2,(H,14,15). The maximum Gasteiger partial charge on any atom is 0.220 e. The average Bonchev–Trinajstić information content (AvgIpc) is 2.70. The Labute approximate surface area is 91.8 Å². The summed E-state index contributed by atoms with van der Waals surface area (Å²) in [7, 11) is 0. The third-order valence-corrected chi connectivity index (χ3v) is 4.31. The molecule has 1 atom stereocenters. The Balaban J connectivity index is 2.13. The zero-order valence-corrected chi connectivity index (χ0v) is 9.43. The van der Waals surface area contributed by atoms with Crippen LogP contribution in [0.25, 0.3) is 0 Å². The lowest BCUT2D eigenvalue weighted by molar-refractivity contribution is -0.123. The highest BCUT2D eigenvalue weighted by atomic mass is 16.1. The van der Waals surface area contributed by atoms with Gasteiger partial charge in [0.15, 0.2) is 0 Å². The second-order valence-electron chi connectivity index (χ2n) is 5.18. The molecule has 0 aromatic carbocycles. The van der Waals surface area contributed by atoms with E-state index in [2.05, 4.69) is 5.32 Å². The molecule has 3 nitrogen and oxygen atoms in total. The second-order valence-corrected chi connectivity index (χ2v) is 5.18. The van der Waals surface area contributed by atoms with E-state index in [1.165, 1.54) is 25.7 Å². The highest BCUT2D eigenvalue weighted by Crippen LogP contribution is 2.45. The smallest absolute Gasteiger partial charge is 0.220 e. The first-order chi connectivity index (χ1) is 7.27. The lowest BCUT2D eigenvalue weighted by Gasteiger charge is -2.36. The van der Waals surface area contributed by atoms with E-state index >= 15 is 0 Å². The fraction of sp³-hybridized carbons (Fsp3) is 0.917. The van der Waals surface area contributed by atoms with E-state index in [-0.39, 0.29) is 11.3 Å². The van der Waals surface area contributed by atoms with Crippen molar-refractivity contribution in [3.05, 3.63) is 0 Å². The molecule has 0 aromatic rings. The number of carbonyl (C=O) groups excluding carboxylic acids is 1. The summed E-state index contributed by atoms with van der Waals surface area (Å²) in [4.78, 5) is 11.6. The Bertz CT molecular complexity index is 236. The predicted octanol–water partition coefficient (Wildman–Crippen LogP) is 1.42. The van der Waals surface area contributed by atoms with Crippen LogP contribution in [0.4, 0.5) is 0 Å². The molecule has 2 aliphatic rings. The van der Waals surface area contributed by atoms with Crippen molar-refractivity contribution in [3.63, 3.8) is 0 Å². The molecule has 0 spiro atoms. The van der Waals surface area contributed by atoms with Gasteiger partial charge in [0.05, 0.1) is 0 Å². The van der Waals surface area contributed by atoms with Gasteiger partial charge in [0, 0.05) is 13.0 Å². The quantitative estimate of drug-likeness (QED) is 0.724. The Kier molecular flexibility index (Phi) is 3.29. The highest BCUT2D eigenvalue weighted by Gasteiger charge is 2.41. The third-order valence-electron chi connectivity index (χ3n) is 4.31. The lowest BCUT2D eigenvalue weighted by Crippen LogP contribution is -2.39. The van der Waals surface area contributed by atoms with Crippen LogP contribution in [0.5, 0.6) is 0 Å². The first-order valence-corrected chi connectivity index (χ1v) is 6.24. The van der Waals surface area contributed by atoms with Crippen molar-refractivity contribution >= 4 is 5.91 Å². The zero-order valence-electron chi connectivity index (χ0n) is 9.43. The maximum absolute atomic E-state index is 11.6. The monoisotopic (exact) mass is 210 g/mol. The van der Waals surface area contributed by atoms with E-state index in [0.717, 1.165) is 19.4 Å². The summed E-state index contributed by atoms with van der Waals surface area (Å²) in [6.07, 6.45) is 8.11. The molecule has 1 aliphatic carbocycles. The molecule has 1 amide bonds. The van der Waals surface area contributed by atoms with Crippen molar-refractivity contribution in [2.45, 2.75) is 44.9 Å². The van der Waals surface area contributed by atoms with Crippen LogP contribution in [-0.4, -0.2) is 19.0 Å². The topological polar surface area (TPSA) is 55.1 Å². The summed E-state index contributed by atoms with van der Waals surface area (Å²) in [5, 5.41) is 2.96. The molecule has 0 radical (unpaired) electrons. The van der Waals surface area contributed by atoms with Crippen molar-refractivity contribution < 1.29 is 4.79 Å². The number of nitrogens with one attached hydrogen (secondary N) is 1. The minimum Gasteiger partial charge on any atom is -0.356 e. The highest BCUT2D eigenvalue weighted by molar-refractivity contribution is 5.77. The van der Waals surface area contributed by atoms with Crippen LogP contribution in [0.2, 0.25) is 0 Å². The molecular weight excluding hydrogens is 188 g/mol. The number of amides is 1. The summed E-state index contributed by atoms with van der Waals surface area (Å²) in [5.74, 6) is 0.913. The van der Waals surface area contributed by atoms with Gasteiger partial charge in [0.2, 0.25) is 5.91 Å².